The number of nitro groups is 1. The number of nitro benzene ring substituents is 1. The number of rotatable bonds is 4. The van der Waals surface area contributed by atoms with Crippen LogP contribution >= 0.6 is 11.6 Å². The molecular weight excluding hydrogens is 240 g/mol. The van der Waals surface area contributed by atoms with Gasteiger partial charge in [0.1, 0.15) is 0 Å². The summed E-state index contributed by atoms with van der Waals surface area (Å²) in [6.45, 7) is 3.99. The summed E-state index contributed by atoms with van der Waals surface area (Å²) in [6.07, 6.45) is 0.542. The molecule has 1 aromatic carbocycles. The first-order chi connectivity index (χ1) is 7.95. The Labute approximate surface area is 105 Å². The molecule has 0 fully saturated rings. The molecule has 1 rings (SSSR count). The largest absolute Gasteiger partial charge is 0.270 e. The van der Waals surface area contributed by atoms with Gasteiger partial charge in [0, 0.05) is 17.5 Å². The first kappa shape index (κ1) is 13.5. The molecule has 0 aliphatic rings. The van der Waals surface area contributed by atoms with Gasteiger partial charge in [-0.2, -0.15) is 5.26 Å². The highest BCUT2D eigenvalue weighted by molar-refractivity contribution is 6.20. The second-order valence-corrected chi connectivity index (χ2v) is 4.74. The van der Waals surface area contributed by atoms with Crippen molar-refractivity contribution in [1.82, 2.24) is 0 Å². The van der Waals surface area contributed by atoms with E-state index in [4.69, 9.17) is 16.9 Å². The molecule has 0 aromatic heterocycles. The summed E-state index contributed by atoms with van der Waals surface area (Å²) in [5.74, 6) is 0.290. The van der Waals surface area contributed by atoms with Crippen molar-refractivity contribution in [2.24, 2.45) is 5.92 Å². The lowest BCUT2D eigenvalue weighted by atomic mass is 9.98. The Morgan fingerprint density at radius 2 is 2.18 bits per heavy atom. The molecule has 5 heteroatoms. The average molecular weight is 253 g/mol. The minimum atomic E-state index is -0.509. The third-order valence-corrected chi connectivity index (χ3v) is 3.22. The van der Waals surface area contributed by atoms with E-state index >= 15 is 0 Å². The summed E-state index contributed by atoms with van der Waals surface area (Å²) in [5.41, 5.74) is 1.01. The number of nitriles is 1. The molecule has 0 saturated carbocycles. The number of alkyl halides is 1. The van der Waals surface area contributed by atoms with Crippen LogP contribution in [0, 0.1) is 27.4 Å². The van der Waals surface area contributed by atoms with Crippen molar-refractivity contribution in [3.05, 3.63) is 39.4 Å². The lowest BCUT2D eigenvalue weighted by Crippen LogP contribution is -2.12. The van der Waals surface area contributed by atoms with Crippen molar-refractivity contribution in [1.29, 1.82) is 5.26 Å². The molecule has 0 bridgehead atoms. The monoisotopic (exact) mass is 252 g/mol. The number of non-ortho nitro benzene ring substituents is 1. The van der Waals surface area contributed by atoms with Gasteiger partial charge in [-0.3, -0.25) is 10.1 Å². The van der Waals surface area contributed by atoms with Crippen molar-refractivity contribution in [3.8, 4) is 6.07 Å². The summed E-state index contributed by atoms with van der Waals surface area (Å²) in [4.78, 5) is 10.1. The Kier molecular flexibility index (Phi) is 4.47. The minimum Gasteiger partial charge on any atom is -0.258 e. The summed E-state index contributed by atoms with van der Waals surface area (Å²) in [5, 5.41) is 19.5. The van der Waals surface area contributed by atoms with Crippen LogP contribution in [-0.2, 0) is 6.42 Å². The van der Waals surface area contributed by atoms with Gasteiger partial charge in [-0.1, -0.05) is 19.9 Å². The van der Waals surface area contributed by atoms with Crippen LogP contribution in [0.3, 0.4) is 0 Å². The normalized spacial score (nSPS) is 12.2. The van der Waals surface area contributed by atoms with Crippen molar-refractivity contribution in [3.63, 3.8) is 0 Å². The van der Waals surface area contributed by atoms with Crippen LogP contribution < -0.4 is 0 Å². The van der Waals surface area contributed by atoms with E-state index in [9.17, 15) is 10.1 Å². The van der Waals surface area contributed by atoms with Gasteiger partial charge in [-0.15, -0.1) is 11.6 Å². The van der Waals surface area contributed by atoms with Crippen molar-refractivity contribution >= 4 is 17.3 Å². The SMILES string of the molecule is CC(C)C(Cl)Cc1ccc([N+](=O)[O-])cc1C#N. The van der Waals surface area contributed by atoms with Gasteiger partial charge in [0.2, 0.25) is 0 Å². The van der Waals surface area contributed by atoms with Gasteiger partial charge < -0.3 is 0 Å². The number of nitrogens with zero attached hydrogens (tertiary/aromatic N) is 2. The molecule has 0 heterocycles. The molecule has 1 unspecified atom stereocenters. The smallest absolute Gasteiger partial charge is 0.258 e. The number of hydrogen-bond donors (Lipinski definition) is 0. The van der Waals surface area contributed by atoms with E-state index < -0.39 is 4.92 Å². The Balaban J connectivity index is 3.02. The third kappa shape index (κ3) is 3.43. The van der Waals surface area contributed by atoms with Gasteiger partial charge in [0.15, 0.2) is 0 Å². The highest BCUT2D eigenvalue weighted by atomic mass is 35.5. The molecule has 17 heavy (non-hydrogen) atoms. The molecule has 0 radical (unpaired) electrons. The van der Waals surface area contributed by atoms with Gasteiger partial charge in [0.25, 0.3) is 5.69 Å². The minimum absolute atomic E-state index is 0.0685. The number of hydrogen-bond acceptors (Lipinski definition) is 3. The Morgan fingerprint density at radius 1 is 1.53 bits per heavy atom. The van der Waals surface area contributed by atoms with Crippen LogP contribution in [0.4, 0.5) is 5.69 Å². The molecule has 0 spiro atoms. The molecule has 90 valence electrons. The predicted molar refractivity (Wildman–Crippen MR) is 66.0 cm³/mol. The maximum absolute atomic E-state index is 10.6. The van der Waals surface area contributed by atoms with E-state index in [0.717, 1.165) is 5.56 Å². The zero-order valence-corrected chi connectivity index (χ0v) is 10.4. The van der Waals surface area contributed by atoms with Crippen LogP contribution in [0.15, 0.2) is 18.2 Å². The maximum Gasteiger partial charge on any atom is 0.270 e. The topological polar surface area (TPSA) is 66.9 Å². The molecule has 0 aliphatic heterocycles. The first-order valence-corrected chi connectivity index (χ1v) is 5.70. The zero-order chi connectivity index (χ0) is 13.0. The van der Waals surface area contributed by atoms with Crippen molar-refractivity contribution in [2.75, 3.05) is 0 Å². The van der Waals surface area contributed by atoms with E-state index in [1.165, 1.54) is 12.1 Å². The second kappa shape index (κ2) is 5.65. The summed E-state index contributed by atoms with van der Waals surface area (Å²) >= 11 is 6.14. The molecule has 0 amide bonds. The average Bonchev–Trinajstić information content (AvgIpc) is 2.28. The van der Waals surface area contributed by atoms with Crippen LogP contribution in [0.2, 0.25) is 0 Å². The zero-order valence-electron chi connectivity index (χ0n) is 9.68. The van der Waals surface area contributed by atoms with Gasteiger partial charge in [-0.05, 0) is 17.9 Å². The second-order valence-electron chi connectivity index (χ2n) is 4.17. The van der Waals surface area contributed by atoms with E-state index in [-0.39, 0.29) is 11.1 Å². The molecule has 0 N–H and O–H groups in total. The summed E-state index contributed by atoms with van der Waals surface area (Å²) in [7, 11) is 0. The van der Waals surface area contributed by atoms with E-state index in [1.54, 1.807) is 6.07 Å². The molecule has 4 nitrogen and oxygen atoms in total. The summed E-state index contributed by atoms with van der Waals surface area (Å²) in [6, 6.07) is 6.27. The first-order valence-electron chi connectivity index (χ1n) is 5.27. The predicted octanol–water partition coefficient (Wildman–Crippen LogP) is 3.27. The fraction of sp³-hybridized carbons (Fsp3) is 0.417. The Morgan fingerprint density at radius 3 is 2.65 bits per heavy atom. The fourth-order valence-electron chi connectivity index (χ4n) is 1.41. The molecule has 1 atom stereocenters. The fourth-order valence-corrected chi connectivity index (χ4v) is 1.57. The standard InChI is InChI=1S/C12H13ClN2O2/c1-8(2)12(13)6-9-3-4-11(15(16)17)5-10(9)7-14/h3-5,8,12H,6H2,1-2H3. The third-order valence-electron chi connectivity index (χ3n) is 2.56. The Hall–Kier alpha value is -1.60. The Bertz CT molecular complexity index is 466. The molecule has 0 saturated heterocycles. The summed E-state index contributed by atoms with van der Waals surface area (Å²) < 4.78 is 0. The quantitative estimate of drug-likeness (QED) is 0.469. The van der Waals surface area contributed by atoms with E-state index in [0.29, 0.717) is 17.9 Å². The van der Waals surface area contributed by atoms with Gasteiger partial charge >= 0.3 is 0 Å². The van der Waals surface area contributed by atoms with Crippen LogP contribution in [0.5, 0.6) is 0 Å². The number of benzene rings is 1. The van der Waals surface area contributed by atoms with E-state index in [1.807, 2.05) is 19.9 Å². The van der Waals surface area contributed by atoms with E-state index in [2.05, 4.69) is 0 Å². The molecule has 1 aromatic rings. The molecular formula is C12H13ClN2O2. The van der Waals surface area contributed by atoms with Crippen LogP contribution in [0.25, 0.3) is 0 Å². The lowest BCUT2D eigenvalue weighted by Gasteiger charge is -2.13. The lowest BCUT2D eigenvalue weighted by molar-refractivity contribution is -0.384. The van der Waals surface area contributed by atoms with Gasteiger partial charge in [0.05, 0.1) is 16.6 Å². The maximum atomic E-state index is 10.6. The number of halogens is 1. The highest BCUT2D eigenvalue weighted by Crippen LogP contribution is 2.22. The van der Waals surface area contributed by atoms with Crippen LogP contribution in [-0.4, -0.2) is 10.3 Å². The molecule has 0 aliphatic carbocycles. The van der Waals surface area contributed by atoms with Crippen molar-refractivity contribution < 1.29 is 4.92 Å². The van der Waals surface area contributed by atoms with Crippen LogP contribution in [0.1, 0.15) is 25.0 Å². The van der Waals surface area contributed by atoms with Crippen molar-refractivity contribution in [2.45, 2.75) is 25.6 Å². The highest BCUT2D eigenvalue weighted by Gasteiger charge is 2.15. The van der Waals surface area contributed by atoms with Gasteiger partial charge in [-0.25, -0.2) is 0 Å².